The van der Waals surface area contributed by atoms with Crippen molar-refractivity contribution in [2.24, 2.45) is 0 Å². The van der Waals surface area contributed by atoms with Gasteiger partial charge in [0.05, 0.1) is 0 Å². The van der Waals surface area contributed by atoms with Crippen LogP contribution < -0.4 is 0 Å². The Kier molecular flexibility index (Phi) is 23.6. The minimum atomic E-state index is -1.76. The van der Waals surface area contributed by atoms with Gasteiger partial charge in [0.15, 0.2) is 0 Å². The number of rotatable bonds is 27. The van der Waals surface area contributed by atoms with Gasteiger partial charge in [0.1, 0.15) is 0 Å². The summed E-state index contributed by atoms with van der Waals surface area (Å²) in [6, 6.07) is 0. The Morgan fingerprint density at radius 1 is 0.333 bits per heavy atom. The van der Waals surface area contributed by atoms with Gasteiger partial charge >= 0.3 is 114 Å². The van der Waals surface area contributed by atoms with Crippen LogP contribution >= 0.6 is 17.2 Å². The summed E-state index contributed by atoms with van der Waals surface area (Å²) < 4.78 is 0. The summed E-state index contributed by atoms with van der Waals surface area (Å²) in [5, 5.41) is 0. The molecule has 0 saturated carbocycles. The van der Waals surface area contributed by atoms with E-state index in [1.807, 2.05) is 0 Å². The monoisotopic (exact) mass is 504 g/mol. The molecule has 0 bridgehead atoms. The second-order valence-corrected chi connectivity index (χ2v) is 22.5. The Hall–Kier alpha value is 0.720. The van der Waals surface area contributed by atoms with Crippen molar-refractivity contribution in [3.05, 3.63) is 0 Å². The van der Waals surface area contributed by atoms with Crippen molar-refractivity contribution in [2.75, 3.05) is 26.2 Å². The van der Waals surface area contributed by atoms with E-state index < -0.39 is 5.96 Å². The molecule has 0 spiro atoms. The van der Waals surface area contributed by atoms with E-state index in [-0.39, 0.29) is 0 Å². The second kappa shape index (κ2) is 23.1. The molecule has 0 fully saturated rings. The number of unbranched alkanes of at least 4 members (excludes halogenated alkanes) is 25. The predicted octanol–water partition coefficient (Wildman–Crippen LogP) is 12.7. The molecule has 0 radical (unpaired) electrons. The van der Waals surface area contributed by atoms with Crippen LogP contribution in [0.15, 0.2) is 0 Å². The Balaban J connectivity index is 3.07. The number of hydrogen-bond acceptors (Lipinski definition) is 0. The van der Waals surface area contributed by atoms with Crippen molar-refractivity contribution < 1.29 is 0 Å². The Morgan fingerprint density at radius 3 is 0.697 bits per heavy atom. The fourth-order valence-electron chi connectivity index (χ4n) is 4.96. The van der Waals surface area contributed by atoms with Crippen LogP contribution in [0.4, 0.5) is 0 Å². The molecule has 0 heterocycles. The van der Waals surface area contributed by atoms with Crippen LogP contribution in [0, 0.1) is 0 Å². The van der Waals surface area contributed by atoms with Gasteiger partial charge in [-0.15, -0.1) is 0 Å². The zero-order valence-corrected chi connectivity index (χ0v) is 25.6. The van der Waals surface area contributed by atoms with E-state index in [2.05, 4.69) is 26.9 Å². The molecule has 0 amide bonds. The maximum atomic E-state index is 6.63. The molecule has 0 nitrogen and oxygen atoms in total. The summed E-state index contributed by atoms with van der Waals surface area (Å²) in [4.78, 5) is 0. The molecule has 0 aliphatic heterocycles. The van der Waals surface area contributed by atoms with Crippen LogP contribution in [0.2, 0.25) is 0 Å². The Bertz CT molecular complexity index is 375. The summed E-state index contributed by atoms with van der Waals surface area (Å²) in [5.74, 6) is -1.76. The van der Waals surface area contributed by atoms with E-state index in [9.17, 15) is 0 Å². The zero-order valence-electron chi connectivity index (χ0n) is 23.9. The third-order valence-electron chi connectivity index (χ3n) is 7.27. The van der Waals surface area contributed by atoms with E-state index >= 15 is 0 Å². The maximum absolute atomic E-state index is 6.63. The first kappa shape index (κ1) is 33.7. The first-order valence-electron chi connectivity index (χ1n) is 15.5. The molecule has 33 heavy (non-hydrogen) atoms. The van der Waals surface area contributed by atoms with Crippen molar-refractivity contribution >= 4 is 17.2 Å². The van der Waals surface area contributed by atoms with Crippen molar-refractivity contribution in [3.63, 3.8) is 0 Å². The van der Waals surface area contributed by atoms with E-state index in [0.717, 1.165) is 0 Å². The average Bonchev–Trinajstić information content (AvgIpc) is 2.75. The molecule has 0 saturated heterocycles. The van der Waals surface area contributed by atoms with Crippen molar-refractivity contribution in [2.45, 2.75) is 174 Å². The first-order valence-corrected chi connectivity index (χ1v) is 20.2. The molecule has 0 aromatic heterocycles. The van der Waals surface area contributed by atoms with Gasteiger partial charge in [0.2, 0.25) is 0 Å². The predicted molar refractivity (Wildman–Crippen MR) is 161 cm³/mol. The summed E-state index contributed by atoms with van der Waals surface area (Å²) in [6.07, 6.45) is 39.2. The Morgan fingerprint density at radius 2 is 0.515 bits per heavy atom. The normalized spacial score (nSPS) is 13.3. The Labute approximate surface area is 216 Å². The van der Waals surface area contributed by atoms with Crippen LogP contribution in [0.5, 0.6) is 0 Å². The SMILES string of the molecule is CCCCCCCCCCCCCCCCCCCCCCCCCCCCP(C)(C)(C)Cl. The van der Waals surface area contributed by atoms with E-state index in [0.29, 0.717) is 0 Å². The fraction of sp³-hybridized carbons (Fsp3) is 1.00. The molecule has 202 valence electrons. The van der Waals surface area contributed by atoms with Gasteiger partial charge in [-0.05, 0) is 0 Å². The molecule has 2 heteroatoms. The topological polar surface area (TPSA) is 0 Å². The summed E-state index contributed by atoms with van der Waals surface area (Å²) >= 11 is 6.63. The van der Waals surface area contributed by atoms with Gasteiger partial charge in [-0.3, -0.25) is 0 Å². The fourth-order valence-corrected chi connectivity index (χ4v) is 6.61. The molecular formula is C31H66ClP. The van der Waals surface area contributed by atoms with Crippen LogP contribution in [0.1, 0.15) is 174 Å². The third-order valence-corrected chi connectivity index (χ3v) is 9.60. The molecular weight excluding hydrogens is 439 g/mol. The quantitative estimate of drug-likeness (QED) is 0.0770. The summed E-state index contributed by atoms with van der Waals surface area (Å²) in [6.45, 7) is 9.16. The minimum absolute atomic E-state index is 1.26. The zero-order chi connectivity index (χ0) is 24.5. The number of hydrogen-bond donors (Lipinski definition) is 0. The van der Waals surface area contributed by atoms with E-state index in [1.54, 1.807) is 0 Å². The van der Waals surface area contributed by atoms with Crippen LogP contribution in [-0.2, 0) is 0 Å². The van der Waals surface area contributed by atoms with Gasteiger partial charge in [-0.1, -0.05) is 103 Å². The van der Waals surface area contributed by atoms with Gasteiger partial charge in [0.25, 0.3) is 0 Å². The van der Waals surface area contributed by atoms with Gasteiger partial charge in [-0.25, -0.2) is 0 Å². The van der Waals surface area contributed by atoms with Crippen molar-refractivity contribution in [1.82, 2.24) is 0 Å². The first-order chi connectivity index (χ1) is 15.8. The molecule has 0 atom stereocenters. The van der Waals surface area contributed by atoms with Crippen LogP contribution in [0.3, 0.4) is 0 Å². The van der Waals surface area contributed by atoms with E-state index in [4.69, 9.17) is 11.2 Å². The molecule has 0 aliphatic carbocycles. The summed E-state index contributed by atoms with van der Waals surface area (Å²) in [5.41, 5.74) is 0. The summed E-state index contributed by atoms with van der Waals surface area (Å²) in [7, 11) is 0. The standard InChI is InChI=1S/C31H66ClP/c1-5-6-7-8-9-10-11-12-13-14-15-16-17-18-19-20-21-22-23-24-25-26-27-28-29-30-31-33(2,3,4)32/h5-31H2,1-4H3. The third kappa shape index (κ3) is 32.7. The van der Waals surface area contributed by atoms with E-state index in [1.165, 1.54) is 173 Å². The van der Waals surface area contributed by atoms with Gasteiger partial charge < -0.3 is 0 Å². The molecule has 0 unspecified atom stereocenters. The molecule has 0 aromatic rings. The van der Waals surface area contributed by atoms with Gasteiger partial charge in [-0.2, -0.15) is 0 Å². The van der Waals surface area contributed by atoms with Crippen LogP contribution in [-0.4, -0.2) is 26.2 Å². The second-order valence-electron chi connectivity index (χ2n) is 12.5. The average molecular weight is 505 g/mol. The molecule has 0 aromatic carbocycles. The molecule has 0 rings (SSSR count). The molecule has 0 N–H and O–H groups in total. The van der Waals surface area contributed by atoms with Crippen LogP contribution in [0.25, 0.3) is 0 Å². The van der Waals surface area contributed by atoms with Crippen molar-refractivity contribution in [1.29, 1.82) is 0 Å². The molecule has 0 aliphatic rings. The van der Waals surface area contributed by atoms with Crippen molar-refractivity contribution in [3.8, 4) is 0 Å². The van der Waals surface area contributed by atoms with Gasteiger partial charge in [0, 0.05) is 0 Å². The number of halogens is 1.